The first-order valence-electron chi connectivity index (χ1n) is 12.2. The molecule has 0 spiro atoms. The molecular weight excluding hydrogens is 511 g/mol. The largest absolute Gasteiger partial charge is 0.416 e. The number of benzene rings is 2. The lowest BCUT2D eigenvalue weighted by Crippen LogP contribution is -2.22. The zero-order valence-electron chi connectivity index (χ0n) is 20.3. The van der Waals surface area contributed by atoms with Crippen LogP contribution in [0.15, 0.2) is 66.5 Å². The van der Waals surface area contributed by atoms with Gasteiger partial charge in [-0.25, -0.2) is 9.78 Å². The summed E-state index contributed by atoms with van der Waals surface area (Å²) in [6.45, 7) is 0.293. The van der Waals surface area contributed by atoms with Crippen molar-refractivity contribution in [3.8, 4) is 11.1 Å². The van der Waals surface area contributed by atoms with Crippen LogP contribution < -0.4 is 21.3 Å². The first-order chi connectivity index (χ1) is 18.7. The zero-order chi connectivity index (χ0) is 27.1. The lowest BCUT2D eigenvalue weighted by Gasteiger charge is -2.15. The second-order valence-corrected chi connectivity index (χ2v) is 9.34. The van der Waals surface area contributed by atoms with E-state index in [9.17, 15) is 22.8 Å². The number of fused-ring (bicyclic) bond motifs is 1. The molecule has 0 bridgehead atoms. The van der Waals surface area contributed by atoms with Crippen molar-refractivity contribution in [1.29, 1.82) is 0 Å². The van der Waals surface area contributed by atoms with Crippen molar-refractivity contribution >= 4 is 35.3 Å². The molecule has 12 heteroatoms. The second-order valence-electron chi connectivity index (χ2n) is 9.34. The van der Waals surface area contributed by atoms with Crippen LogP contribution in [-0.2, 0) is 17.5 Å². The lowest BCUT2D eigenvalue weighted by atomic mass is 9.98. The number of nitrogens with zero attached hydrogens (tertiary/aromatic N) is 3. The Morgan fingerprint density at radius 2 is 1.87 bits per heavy atom. The van der Waals surface area contributed by atoms with Crippen LogP contribution in [0.5, 0.6) is 0 Å². The Labute approximate surface area is 220 Å². The van der Waals surface area contributed by atoms with Crippen LogP contribution in [-0.4, -0.2) is 32.6 Å². The summed E-state index contributed by atoms with van der Waals surface area (Å²) in [7, 11) is 0. The van der Waals surface area contributed by atoms with Crippen LogP contribution in [0.4, 0.5) is 29.6 Å². The van der Waals surface area contributed by atoms with E-state index in [2.05, 4.69) is 31.3 Å². The molecule has 3 heterocycles. The monoisotopic (exact) mass is 533 g/mol. The molecule has 1 aliphatic heterocycles. The van der Waals surface area contributed by atoms with Crippen molar-refractivity contribution in [2.24, 2.45) is 0 Å². The van der Waals surface area contributed by atoms with Crippen LogP contribution in [0.2, 0.25) is 0 Å². The number of carbonyl (C=O) groups is 2. The SMILES string of the molecule is O=C1NC(=O)/C(=C/c2cnn3c(NC4CC4)cc(NCc4ccccc4-c4cccc(C(F)(F)F)c4)nc23)N1. The number of hydrogen-bond donors (Lipinski definition) is 4. The predicted molar refractivity (Wildman–Crippen MR) is 138 cm³/mol. The lowest BCUT2D eigenvalue weighted by molar-refractivity contribution is -0.137. The smallest absolute Gasteiger partial charge is 0.367 e. The molecule has 2 aromatic heterocycles. The number of rotatable bonds is 7. The van der Waals surface area contributed by atoms with Crippen LogP contribution in [0.3, 0.4) is 0 Å². The average molecular weight is 534 g/mol. The Bertz CT molecular complexity index is 1640. The van der Waals surface area contributed by atoms with Crippen LogP contribution in [0, 0.1) is 0 Å². The number of halogens is 3. The van der Waals surface area contributed by atoms with Gasteiger partial charge in [-0.15, -0.1) is 0 Å². The molecule has 2 aliphatic rings. The minimum atomic E-state index is -4.44. The molecule has 1 saturated heterocycles. The summed E-state index contributed by atoms with van der Waals surface area (Å²) >= 11 is 0. The molecule has 1 aliphatic carbocycles. The number of carbonyl (C=O) groups excluding carboxylic acids is 2. The van der Waals surface area contributed by atoms with Crippen molar-refractivity contribution in [2.45, 2.75) is 31.6 Å². The fourth-order valence-electron chi connectivity index (χ4n) is 4.35. The van der Waals surface area contributed by atoms with E-state index in [-0.39, 0.29) is 5.70 Å². The summed E-state index contributed by atoms with van der Waals surface area (Å²) in [4.78, 5) is 28.2. The van der Waals surface area contributed by atoms with Gasteiger partial charge in [0.25, 0.3) is 5.91 Å². The molecule has 3 amide bonds. The standard InChI is InChI=1S/C27H22F3N7O2/c28-27(29,30)18-6-3-5-15(10-18)20-7-2-1-4-16(20)13-31-22-12-23(33-19-8-9-19)37-24(35-22)17(14-32-37)11-21-25(38)36-26(39)34-21/h1-7,10-12,14,19,33H,8-9,13H2,(H,31,35)(H2,34,36,38,39)/b21-11-. The highest BCUT2D eigenvalue weighted by atomic mass is 19.4. The van der Waals surface area contributed by atoms with Crippen LogP contribution >= 0.6 is 0 Å². The van der Waals surface area contributed by atoms with Gasteiger partial charge in [0.1, 0.15) is 17.3 Å². The molecule has 0 radical (unpaired) electrons. The summed E-state index contributed by atoms with van der Waals surface area (Å²) in [6, 6.07) is 14.0. The first-order valence-corrected chi connectivity index (χ1v) is 12.2. The number of alkyl halides is 3. The normalized spacial score (nSPS) is 16.4. The molecule has 0 atom stereocenters. The van der Waals surface area contributed by atoms with Crippen molar-refractivity contribution in [1.82, 2.24) is 25.2 Å². The molecule has 4 N–H and O–H groups in total. The highest BCUT2D eigenvalue weighted by Gasteiger charge is 2.30. The van der Waals surface area contributed by atoms with E-state index >= 15 is 0 Å². The van der Waals surface area contributed by atoms with E-state index in [4.69, 9.17) is 0 Å². The Kier molecular flexibility index (Phi) is 5.93. The third-order valence-corrected chi connectivity index (χ3v) is 6.43. The number of urea groups is 1. The summed E-state index contributed by atoms with van der Waals surface area (Å²) in [5, 5.41) is 15.7. The molecule has 0 unspecified atom stereocenters. The maximum absolute atomic E-state index is 13.3. The molecule has 2 fully saturated rings. The van der Waals surface area contributed by atoms with Crippen molar-refractivity contribution in [3.05, 3.63) is 83.2 Å². The molecule has 9 nitrogen and oxygen atoms in total. The van der Waals surface area contributed by atoms with Gasteiger partial charge in [-0.3, -0.25) is 10.1 Å². The quantitative estimate of drug-likeness (QED) is 0.201. The van der Waals surface area contributed by atoms with Gasteiger partial charge in [0.15, 0.2) is 5.65 Å². The fraction of sp³-hybridized carbons (Fsp3) is 0.185. The second kappa shape index (κ2) is 9.46. The summed E-state index contributed by atoms with van der Waals surface area (Å²) in [6.07, 6.45) is 0.678. The molecule has 2 aromatic carbocycles. The number of nitrogens with one attached hydrogen (secondary N) is 4. The van der Waals surface area contributed by atoms with Crippen LogP contribution in [0.25, 0.3) is 22.9 Å². The fourth-order valence-corrected chi connectivity index (χ4v) is 4.35. The number of anilines is 2. The van der Waals surface area contributed by atoms with E-state index in [1.165, 1.54) is 12.1 Å². The van der Waals surface area contributed by atoms with E-state index in [0.29, 0.717) is 46.6 Å². The van der Waals surface area contributed by atoms with Gasteiger partial charge in [-0.2, -0.15) is 22.8 Å². The Hall–Kier alpha value is -4.87. The van der Waals surface area contributed by atoms with Gasteiger partial charge in [-0.05, 0) is 47.7 Å². The third kappa shape index (κ3) is 5.13. The summed E-state index contributed by atoms with van der Waals surface area (Å²) < 4.78 is 41.6. The molecule has 4 aromatic rings. The van der Waals surface area contributed by atoms with Gasteiger partial charge in [-0.1, -0.05) is 36.4 Å². The van der Waals surface area contributed by atoms with Crippen LogP contribution in [0.1, 0.15) is 29.5 Å². The third-order valence-electron chi connectivity index (χ3n) is 6.43. The van der Waals surface area contributed by atoms with Gasteiger partial charge >= 0.3 is 12.2 Å². The highest BCUT2D eigenvalue weighted by Crippen LogP contribution is 2.33. The Morgan fingerprint density at radius 1 is 1.05 bits per heavy atom. The van der Waals surface area contributed by atoms with E-state index < -0.39 is 23.7 Å². The molecule has 198 valence electrons. The van der Waals surface area contributed by atoms with Crippen molar-refractivity contribution in [2.75, 3.05) is 10.6 Å². The minimum Gasteiger partial charge on any atom is -0.367 e. The summed E-state index contributed by atoms with van der Waals surface area (Å²) in [5.74, 6) is 0.654. The zero-order valence-corrected chi connectivity index (χ0v) is 20.3. The van der Waals surface area contributed by atoms with Crippen molar-refractivity contribution < 1.29 is 22.8 Å². The number of hydrogen-bond acceptors (Lipinski definition) is 6. The topological polar surface area (TPSA) is 112 Å². The number of amides is 3. The Morgan fingerprint density at radius 3 is 2.62 bits per heavy atom. The van der Waals surface area contributed by atoms with E-state index in [1.54, 1.807) is 28.9 Å². The predicted octanol–water partition coefficient (Wildman–Crippen LogP) is 4.78. The van der Waals surface area contributed by atoms with E-state index in [0.717, 1.165) is 30.5 Å². The van der Waals surface area contributed by atoms with Gasteiger partial charge in [0.2, 0.25) is 0 Å². The van der Waals surface area contributed by atoms with Gasteiger partial charge in [0, 0.05) is 24.2 Å². The van der Waals surface area contributed by atoms with Gasteiger partial charge < -0.3 is 16.0 Å². The molecule has 39 heavy (non-hydrogen) atoms. The Balaban J connectivity index is 1.33. The minimum absolute atomic E-state index is 0.0850. The maximum atomic E-state index is 13.3. The maximum Gasteiger partial charge on any atom is 0.416 e. The highest BCUT2D eigenvalue weighted by molar-refractivity contribution is 6.14. The first kappa shape index (κ1) is 24.5. The number of aromatic nitrogens is 3. The average Bonchev–Trinajstić information content (AvgIpc) is 3.55. The summed E-state index contributed by atoms with van der Waals surface area (Å²) in [5.41, 5.74) is 2.28. The van der Waals surface area contributed by atoms with Crippen molar-refractivity contribution in [3.63, 3.8) is 0 Å². The number of imide groups is 1. The molecular formula is C27H22F3N7O2. The molecule has 1 saturated carbocycles. The van der Waals surface area contributed by atoms with Gasteiger partial charge in [0.05, 0.1) is 11.8 Å². The molecule has 6 rings (SSSR count). The van der Waals surface area contributed by atoms with E-state index in [1.807, 2.05) is 18.2 Å².